The van der Waals surface area contributed by atoms with Crippen LogP contribution in [0.25, 0.3) is 0 Å². The van der Waals surface area contributed by atoms with Crippen LogP contribution in [0.2, 0.25) is 0 Å². The Morgan fingerprint density at radius 2 is 2.12 bits per heavy atom. The van der Waals surface area contributed by atoms with Gasteiger partial charge in [-0.25, -0.2) is 0 Å². The number of rotatable bonds is 2. The van der Waals surface area contributed by atoms with Crippen molar-refractivity contribution in [3.05, 3.63) is 0 Å². The third-order valence-corrected chi connectivity index (χ3v) is 1.06. The molecule has 0 aromatic carbocycles. The molecule has 1 aliphatic heterocycles. The number of hydrogen-bond acceptors (Lipinski definition) is 3. The first-order valence-electron chi connectivity index (χ1n) is 2.77. The maximum atomic E-state index is 8.37. The van der Waals surface area contributed by atoms with Crippen molar-refractivity contribution >= 4 is 7.28 Å². The highest BCUT2D eigenvalue weighted by Crippen LogP contribution is 1.99. The van der Waals surface area contributed by atoms with Crippen LogP contribution in [-0.2, 0) is 9.47 Å². The number of ether oxygens (including phenoxy) is 2. The number of aliphatic hydroxyl groups excluding tert-OH is 1. The van der Waals surface area contributed by atoms with Crippen molar-refractivity contribution in [3.8, 4) is 0 Å². The molecule has 0 saturated carbocycles. The van der Waals surface area contributed by atoms with E-state index in [0.29, 0.717) is 20.5 Å². The lowest BCUT2D eigenvalue weighted by molar-refractivity contribution is 0.0218. The van der Waals surface area contributed by atoms with E-state index in [-0.39, 0.29) is 12.7 Å². The van der Waals surface area contributed by atoms with Gasteiger partial charge in [-0.1, -0.05) is 0 Å². The van der Waals surface area contributed by atoms with Gasteiger partial charge < -0.3 is 14.6 Å². The lowest BCUT2D eigenvalue weighted by atomic mass is 9.79. The summed E-state index contributed by atoms with van der Waals surface area (Å²) in [5.41, 5.74) is 0. The van der Waals surface area contributed by atoms with Gasteiger partial charge >= 0.3 is 0 Å². The second-order valence-corrected chi connectivity index (χ2v) is 1.68. The Kier molecular flexibility index (Phi) is 2.33. The minimum atomic E-state index is -0.139. The van der Waals surface area contributed by atoms with Gasteiger partial charge in [0.2, 0.25) is 7.28 Å². The highest BCUT2D eigenvalue weighted by atomic mass is 16.7. The zero-order valence-electron chi connectivity index (χ0n) is 4.67. The Morgan fingerprint density at radius 1 is 1.50 bits per heavy atom. The van der Waals surface area contributed by atoms with Crippen molar-refractivity contribution in [1.82, 2.24) is 0 Å². The minimum Gasteiger partial charge on any atom is -0.405 e. The van der Waals surface area contributed by atoms with Crippen LogP contribution < -0.4 is 0 Å². The van der Waals surface area contributed by atoms with Crippen LogP contribution in [0.5, 0.6) is 0 Å². The van der Waals surface area contributed by atoms with Crippen molar-refractivity contribution in [2.45, 2.75) is 6.19 Å². The molecule has 3 nitrogen and oxygen atoms in total. The average molecular weight is 116 g/mol. The molecule has 4 heteroatoms. The molecule has 1 fully saturated rings. The van der Waals surface area contributed by atoms with E-state index in [0.717, 1.165) is 0 Å². The summed E-state index contributed by atoms with van der Waals surface area (Å²) in [6.07, 6.45) is -0.139. The monoisotopic (exact) mass is 116 g/mol. The topological polar surface area (TPSA) is 38.7 Å². The largest absolute Gasteiger partial charge is 0.405 e. The molecule has 46 valence electrons. The van der Waals surface area contributed by atoms with E-state index in [2.05, 4.69) is 0 Å². The van der Waals surface area contributed by atoms with Gasteiger partial charge in [0, 0.05) is 6.51 Å². The molecule has 0 amide bonds. The third kappa shape index (κ3) is 1.47. The van der Waals surface area contributed by atoms with E-state index >= 15 is 0 Å². The quantitative estimate of drug-likeness (QED) is 0.456. The highest BCUT2D eigenvalue weighted by Gasteiger charge is 2.15. The molecule has 1 aliphatic rings. The summed E-state index contributed by atoms with van der Waals surface area (Å²) in [5, 5.41) is 8.37. The summed E-state index contributed by atoms with van der Waals surface area (Å²) in [6, 6.07) is 0. The van der Waals surface area contributed by atoms with Crippen LogP contribution >= 0.6 is 0 Å². The molecule has 0 aliphatic carbocycles. The van der Waals surface area contributed by atoms with Crippen molar-refractivity contribution in [2.24, 2.45) is 0 Å². The predicted molar refractivity (Wildman–Crippen MR) is 29.9 cm³/mol. The molecule has 0 atom stereocenters. The van der Waals surface area contributed by atoms with E-state index in [4.69, 9.17) is 14.6 Å². The summed E-state index contributed by atoms with van der Waals surface area (Å²) in [6.45, 7) is 1.49. The van der Waals surface area contributed by atoms with Crippen LogP contribution in [0.15, 0.2) is 0 Å². The maximum Gasteiger partial charge on any atom is 0.223 e. The molecular formula is C4H9BO3. The summed E-state index contributed by atoms with van der Waals surface area (Å²) in [4.78, 5) is 0. The van der Waals surface area contributed by atoms with Gasteiger partial charge in [-0.3, -0.25) is 0 Å². The summed E-state index contributed by atoms with van der Waals surface area (Å²) in [5.74, 6) is 0. The first-order valence-corrected chi connectivity index (χ1v) is 2.77. The summed E-state index contributed by atoms with van der Waals surface area (Å²) < 4.78 is 10.0. The van der Waals surface area contributed by atoms with E-state index < -0.39 is 0 Å². The number of hydrogen-bond donors (Lipinski definition) is 1. The smallest absolute Gasteiger partial charge is 0.223 e. The fourth-order valence-corrected chi connectivity index (χ4v) is 0.679. The SMILES string of the molecule is OCBC1OCCO1. The summed E-state index contributed by atoms with van der Waals surface area (Å²) in [7, 11) is 0.597. The van der Waals surface area contributed by atoms with E-state index in [1.165, 1.54) is 0 Å². The average Bonchev–Trinajstić information content (AvgIpc) is 2.19. The Bertz CT molecular complexity index is 62.3. The molecule has 1 rings (SSSR count). The fourth-order valence-electron chi connectivity index (χ4n) is 0.679. The Hall–Kier alpha value is -0.0551. The summed E-state index contributed by atoms with van der Waals surface area (Å²) >= 11 is 0. The molecule has 8 heavy (non-hydrogen) atoms. The van der Waals surface area contributed by atoms with Gasteiger partial charge in [-0.05, 0) is 0 Å². The molecule has 0 unspecified atom stereocenters. The molecule has 1 saturated heterocycles. The van der Waals surface area contributed by atoms with Crippen LogP contribution in [0, 0.1) is 0 Å². The van der Waals surface area contributed by atoms with Gasteiger partial charge in [0.1, 0.15) is 6.19 Å². The molecule has 0 radical (unpaired) electrons. The van der Waals surface area contributed by atoms with E-state index in [9.17, 15) is 0 Å². The lowest BCUT2D eigenvalue weighted by Crippen LogP contribution is -2.20. The Balaban J connectivity index is 2.06. The van der Waals surface area contributed by atoms with Gasteiger partial charge in [0.05, 0.1) is 13.2 Å². The van der Waals surface area contributed by atoms with Gasteiger partial charge in [-0.15, -0.1) is 0 Å². The van der Waals surface area contributed by atoms with Crippen molar-refractivity contribution in [1.29, 1.82) is 0 Å². The van der Waals surface area contributed by atoms with Crippen molar-refractivity contribution < 1.29 is 14.6 Å². The zero-order valence-corrected chi connectivity index (χ0v) is 4.67. The standard InChI is InChI=1S/C4H9BO3/c6-3-5-4-7-1-2-8-4/h4-6H,1-3H2. The molecule has 0 aromatic heterocycles. The van der Waals surface area contributed by atoms with E-state index in [1.807, 2.05) is 0 Å². The normalized spacial score (nSPS) is 21.6. The van der Waals surface area contributed by atoms with Crippen LogP contribution in [0.1, 0.15) is 0 Å². The Labute approximate surface area is 48.8 Å². The molecule has 0 aromatic rings. The maximum absolute atomic E-state index is 8.37. The van der Waals surface area contributed by atoms with Crippen LogP contribution in [-0.4, -0.2) is 38.3 Å². The molecular weight excluding hydrogens is 107 g/mol. The second kappa shape index (κ2) is 3.07. The van der Waals surface area contributed by atoms with Crippen molar-refractivity contribution in [2.75, 3.05) is 19.7 Å². The fraction of sp³-hybridized carbons (Fsp3) is 1.00. The molecule has 1 heterocycles. The molecule has 0 spiro atoms. The second-order valence-electron chi connectivity index (χ2n) is 1.68. The first kappa shape index (κ1) is 6.07. The molecule has 0 bridgehead atoms. The zero-order chi connectivity index (χ0) is 5.82. The predicted octanol–water partition coefficient (Wildman–Crippen LogP) is -1.30. The Morgan fingerprint density at radius 3 is 2.62 bits per heavy atom. The van der Waals surface area contributed by atoms with Crippen molar-refractivity contribution in [3.63, 3.8) is 0 Å². The highest BCUT2D eigenvalue weighted by molar-refractivity contribution is 6.36. The van der Waals surface area contributed by atoms with Crippen LogP contribution in [0.3, 0.4) is 0 Å². The third-order valence-electron chi connectivity index (χ3n) is 1.06. The van der Waals surface area contributed by atoms with Gasteiger partial charge in [-0.2, -0.15) is 0 Å². The minimum absolute atomic E-state index is 0.139. The van der Waals surface area contributed by atoms with Gasteiger partial charge in [0.15, 0.2) is 0 Å². The lowest BCUT2D eigenvalue weighted by Gasteiger charge is -2.02. The van der Waals surface area contributed by atoms with E-state index in [1.54, 1.807) is 0 Å². The molecule has 1 N–H and O–H groups in total. The van der Waals surface area contributed by atoms with Crippen LogP contribution in [0.4, 0.5) is 0 Å². The van der Waals surface area contributed by atoms with Gasteiger partial charge in [0.25, 0.3) is 0 Å². The number of aliphatic hydroxyl groups is 1. The first-order chi connectivity index (χ1) is 3.93.